The zero-order chi connectivity index (χ0) is 26.5. The third-order valence-corrected chi connectivity index (χ3v) is 7.88. The fraction of sp³-hybridized carbons (Fsp3) is 0.118. The maximum absolute atomic E-state index is 12.7. The number of amides is 1. The number of rotatable bonds is 4. The Bertz CT molecular complexity index is 1830. The van der Waals surface area contributed by atoms with Crippen molar-refractivity contribution < 1.29 is 19.1 Å². The number of carbonyl (C=O) groups is 2. The molecule has 5 heteroatoms. The highest BCUT2D eigenvalue weighted by Gasteiger charge is 2.36. The molecule has 0 aliphatic heterocycles. The third-order valence-electron chi connectivity index (χ3n) is 7.88. The SMILES string of the molecule is COC(=O)CNC(=O)OCC1c2c(c3ccccc3c3ccccc23)-c2c1c1ccccc1c1ccccc21. The summed E-state index contributed by atoms with van der Waals surface area (Å²) < 4.78 is 10.4. The van der Waals surface area contributed by atoms with E-state index >= 15 is 0 Å². The van der Waals surface area contributed by atoms with Gasteiger partial charge in [-0.15, -0.1) is 0 Å². The van der Waals surface area contributed by atoms with Crippen molar-refractivity contribution in [3.63, 3.8) is 0 Å². The molecule has 6 aromatic rings. The Morgan fingerprint density at radius 1 is 0.615 bits per heavy atom. The van der Waals surface area contributed by atoms with Gasteiger partial charge in [0.15, 0.2) is 0 Å². The van der Waals surface area contributed by atoms with Gasteiger partial charge < -0.3 is 14.8 Å². The predicted molar refractivity (Wildman–Crippen MR) is 155 cm³/mol. The lowest BCUT2D eigenvalue weighted by atomic mass is 9.88. The zero-order valence-corrected chi connectivity index (χ0v) is 21.4. The Hall–Kier alpha value is -4.90. The van der Waals surface area contributed by atoms with Gasteiger partial charge in [0.2, 0.25) is 0 Å². The summed E-state index contributed by atoms with van der Waals surface area (Å²) >= 11 is 0. The molecule has 5 nitrogen and oxygen atoms in total. The molecule has 0 fully saturated rings. The van der Waals surface area contributed by atoms with E-state index < -0.39 is 12.1 Å². The summed E-state index contributed by atoms with van der Waals surface area (Å²) in [5.41, 5.74) is 4.73. The van der Waals surface area contributed by atoms with E-state index in [0.29, 0.717) is 0 Å². The number of fused-ring (bicyclic) bond motifs is 13. The van der Waals surface area contributed by atoms with Crippen molar-refractivity contribution >= 4 is 55.2 Å². The third kappa shape index (κ3) is 3.54. The molecule has 0 aromatic heterocycles. The van der Waals surface area contributed by atoms with Crippen molar-refractivity contribution in [1.29, 1.82) is 0 Å². The van der Waals surface area contributed by atoms with Crippen LogP contribution in [0.1, 0.15) is 17.0 Å². The van der Waals surface area contributed by atoms with E-state index in [9.17, 15) is 9.59 Å². The normalized spacial score (nSPS) is 12.5. The maximum atomic E-state index is 12.7. The molecule has 190 valence electrons. The maximum Gasteiger partial charge on any atom is 0.407 e. The first-order valence-corrected chi connectivity index (χ1v) is 13.0. The van der Waals surface area contributed by atoms with Crippen molar-refractivity contribution in [2.75, 3.05) is 20.3 Å². The number of alkyl carbamates (subject to hydrolysis) is 1. The molecule has 1 aliphatic rings. The van der Waals surface area contributed by atoms with E-state index in [2.05, 4.69) is 107 Å². The second kappa shape index (κ2) is 9.14. The zero-order valence-electron chi connectivity index (χ0n) is 21.4. The van der Waals surface area contributed by atoms with E-state index in [1.165, 1.54) is 61.7 Å². The summed E-state index contributed by atoms with van der Waals surface area (Å²) in [6, 6.07) is 34.0. The highest BCUT2D eigenvalue weighted by molar-refractivity contribution is 6.25. The van der Waals surface area contributed by atoms with E-state index in [0.717, 1.165) is 10.8 Å². The standard InChI is InChI=1S/C34H25NO4/c1-38-29(36)18-35-34(37)39-19-28-30-24-14-6-2-10-20(24)22-12-4-8-16-26(22)32(30)33-27-17-9-5-13-23(27)21-11-3-7-15-25(21)31(28)33/h2-17,28H,18-19H2,1H3,(H,35,37). The Balaban J connectivity index is 1.53. The molecule has 0 bridgehead atoms. The van der Waals surface area contributed by atoms with Gasteiger partial charge in [-0.1, -0.05) is 97.1 Å². The second-order valence-corrected chi connectivity index (χ2v) is 9.84. The van der Waals surface area contributed by atoms with Crippen molar-refractivity contribution in [2.45, 2.75) is 5.92 Å². The van der Waals surface area contributed by atoms with Gasteiger partial charge in [0, 0.05) is 5.92 Å². The van der Waals surface area contributed by atoms with E-state index in [1.54, 1.807) is 0 Å². The summed E-state index contributed by atoms with van der Waals surface area (Å²) in [4.78, 5) is 24.2. The molecule has 39 heavy (non-hydrogen) atoms. The van der Waals surface area contributed by atoms with Gasteiger partial charge in [-0.05, 0) is 65.3 Å². The summed E-state index contributed by atoms with van der Waals surface area (Å²) in [5.74, 6) is -0.721. The van der Waals surface area contributed by atoms with Crippen LogP contribution in [0.15, 0.2) is 97.1 Å². The monoisotopic (exact) mass is 511 g/mol. The van der Waals surface area contributed by atoms with Gasteiger partial charge in [-0.2, -0.15) is 0 Å². The average molecular weight is 512 g/mol. The van der Waals surface area contributed by atoms with Gasteiger partial charge in [-0.25, -0.2) is 4.79 Å². The molecular formula is C34H25NO4. The van der Waals surface area contributed by atoms with Crippen LogP contribution < -0.4 is 5.32 Å². The highest BCUT2D eigenvalue weighted by atomic mass is 16.6. The Morgan fingerprint density at radius 2 is 1.00 bits per heavy atom. The van der Waals surface area contributed by atoms with Crippen LogP contribution in [-0.2, 0) is 14.3 Å². The van der Waals surface area contributed by atoms with Gasteiger partial charge in [-0.3, -0.25) is 4.79 Å². The van der Waals surface area contributed by atoms with Crippen LogP contribution in [0.3, 0.4) is 0 Å². The lowest BCUT2D eigenvalue weighted by Crippen LogP contribution is -2.31. The van der Waals surface area contributed by atoms with Gasteiger partial charge in [0.1, 0.15) is 13.2 Å². The summed E-state index contributed by atoms with van der Waals surface area (Å²) in [6.07, 6.45) is -0.648. The lowest BCUT2D eigenvalue weighted by molar-refractivity contribution is -0.139. The molecule has 1 amide bonds. The molecule has 0 saturated heterocycles. The average Bonchev–Trinajstić information content (AvgIpc) is 3.35. The molecule has 0 spiro atoms. The minimum Gasteiger partial charge on any atom is -0.468 e. The lowest BCUT2D eigenvalue weighted by Gasteiger charge is -2.19. The Labute approximate surface area is 224 Å². The molecular weight excluding hydrogens is 486 g/mol. The largest absolute Gasteiger partial charge is 0.468 e. The smallest absolute Gasteiger partial charge is 0.407 e. The van der Waals surface area contributed by atoms with E-state index in [1.807, 2.05) is 0 Å². The predicted octanol–water partition coefficient (Wildman–Crippen LogP) is 7.31. The molecule has 0 heterocycles. The topological polar surface area (TPSA) is 64.6 Å². The number of nitrogens with one attached hydrogen (secondary N) is 1. The van der Waals surface area contributed by atoms with Crippen LogP contribution in [0.2, 0.25) is 0 Å². The van der Waals surface area contributed by atoms with E-state index in [-0.39, 0.29) is 19.1 Å². The summed E-state index contributed by atoms with van der Waals surface area (Å²) in [5, 5.41) is 11.9. The van der Waals surface area contributed by atoms with Gasteiger partial charge in [0.25, 0.3) is 0 Å². The van der Waals surface area contributed by atoms with Crippen molar-refractivity contribution in [1.82, 2.24) is 5.32 Å². The molecule has 1 aliphatic carbocycles. The number of hydrogen-bond donors (Lipinski definition) is 1. The number of esters is 1. The summed E-state index contributed by atoms with van der Waals surface area (Å²) in [6.45, 7) is -0.105. The number of carbonyl (C=O) groups excluding carboxylic acids is 2. The quantitative estimate of drug-likeness (QED) is 0.199. The molecule has 0 unspecified atom stereocenters. The molecule has 6 aromatic carbocycles. The molecule has 7 rings (SSSR count). The van der Waals surface area contributed by atoms with Crippen LogP contribution in [0.5, 0.6) is 0 Å². The van der Waals surface area contributed by atoms with Crippen LogP contribution in [0, 0.1) is 0 Å². The molecule has 0 saturated carbocycles. The molecule has 1 N–H and O–H groups in total. The number of ether oxygens (including phenoxy) is 2. The van der Waals surface area contributed by atoms with Gasteiger partial charge >= 0.3 is 12.1 Å². The number of methoxy groups -OCH3 is 1. The van der Waals surface area contributed by atoms with Crippen LogP contribution in [-0.4, -0.2) is 32.3 Å². The molecule has 0 radical (unpaired) electrons. The van der Waals surface area contributed by atoms with Crippen molar-refractivity contribution in [3.8, 4) is 11.1 Å². The second-order valence-electron chi connectivity index (χ2n) is 9.84. The first-order valence-electron chi connectivity index (χ1n) is 13.0. The minimum atomic E-state index is -0.648. The van der Waals surface area contributed by atoms with Crippen LogP contribution in [0.4, 0.5) is 4.79 Å². The fourth-order valence-electron chi connectivity index (χ4n) is 6.34. The molecule has 0 atom stereocenters. The highest BCUT2D eigenvalue weighted by Crippen LogP contribution is 2.56. The van der Waals surface area contributed by atoms with Crippen LogP contribution >= 0.6 is 0 Å². The number of hydrogen-bond acceptors (Lipinski definition) is 4. The Kier molecular flexibility index (Phi) is 5.44. The van der Waals surface area contributed by atoms with Crippen molar-refractivity contribution in [2.24, 2.45) is 0 Å². The van der Waals surface area contributed by atoms with Crippen molar-refractivity contribution in [3.05, 3.63) is 108 Å². The fourth-order valence-corrected chi connectivity index (χ4v) is 6.34. The van der Waals surface area contributed by atoms with Crippen LogP contribution in [0.25, 0.3) is 54.2 Å². The van der Waals surface area contributed by atoms with Gasteiger partial charge in [0.05, 0.1) is 7.11 Å². The Morgan fingerprint density at radius 3 is 1.44 bits per heavy atom. The first-order chi connectivity index (χ1) is 19.2. The first kappa shape index (κ1) is 23.2. The summed E-state index contributed by atoms with van der Waals surface area (Å²) in [7, 11) is 1.28. The minimum absolute atomic E-state index is 0.137. The number of benzene rings is 6. The van der Waals surface area contributed by atoms with E-state index in [4.69, 9.17) is 4.74 Å².